The summed E-state index contributed by atoms with van der Waals surface area (Å²) in [4.78, 5) is 31.5. The van der Waals surface area contributed by atoms with Crippen molar-refractivity contribution < 1.29 is 0 Å². The molecule has 0 aliphatic heterocycles. The van der Waals surface area contributed by atoms with E-state index in [1.165, 1.54) is 0 Å². The second kappa shape index (κ2) is 11.6. The van der Waals surface area contributed by atoms with Crippen LogP contribution in [-0.2, 0) is 16.2 Å². The molecule has 0 atom stereocenters. The Morgan fingerprint density at radius 3 is 1.57 bits per heavy atom. The molecule has 0 amide bonds. The van der Waals surface area contributed by atoms with Crippen LogP contribution >= 0.6 is 0 Å². The van der Waals surface area contributed by atoms with E-state index in [1.807, 2.05) is 36.4 Å². The van der Waals surface area contributed by atoms with Crippen LogP contribution in [0, 0.1) is 0 Å². The zero-order valence-corrected chi connectivity index (χ0v) is 24.5. The summed E-state index contributed by atoms with van der Waals surface area (Å²) in [6, 6.07) is 13.9. The van der Waals surface area contributed by atoms with Crippen LogP contribution in [0.3, 0.4) is 0 Å². The van der Waals surface area contributed by atoms with Crippen molar-refractivity contribution in [1.82, 2.24) is 39.9 Å². The summed E-state index contributed by atoms with van der Waals surface area (Å²) >= 11 is 0. The first-order valence-corrected chi connectivity index (χ1v) is 13.3. The van der Waals surface area contributed by atoms with Crippen molar-refractivity contribution >= 4 is 33.2 Å². The van der Waals surface area contributed by atoms with Crippen molar-refractivity contribution in [2.75, 3.05) is 0 Å². The van der Waals surface area contributed by atoms with Gasteiger partial charge in [0, 0.05) is 28.6 Å². The highest BCUT2D eigenvalue weighted by Gasteiger charge is 2.19. The van der Waals surface area contributed by atoms with E-state index in [2.05, 4.69) is 108 Å². The number of pyridine rings is 2. The lowest BCUT2D eigenvalue weighted by Crippen LogP contribution is -2.12. The van der Waals surface area contributed by atoms with Crippen LogP contribution in [0.15, 0.2) is 61.1 Å². The van der Waals surface area contributed by atoms with Crippen LogP contribution in [0.25, 0.3) is 33.2 Å². The normalized spacial score (nSPS) is 11.9. The van der Waals surface area contributed by atoms with E-state index in [4.69, 9.17) is 0 Å². The molecule has 8 heteroatoms. The van der Waals surface area contributed by atoms with Gasteiger partial charge in [0.2, 0.25) is 0 Å². The highest BCUT2D eigenvalue weighted by atomic mass is 15.0. The average molecular weight is 541 g/mol. The summed E-state index contributed by atoms with van der Waals surface area (Å²) in [5.74, 6) is 3.05. The van der Waals surface area contributed by atoms with Gasteiger partial charge in [0.25, 0.3) is 0 Å². The van der Waals surface area contributed by atoms with Gasteiger partial charge in [0.1, 0.15) is 17.5 Å². The number of para-hydroxylation sites is 2. The molecule has 40 heavy (non-hydrogen) atoms. The first kappa shape index (κ1) is 30.5. The van der Waals surface area contributed by atoms with Crippen molar-refractivity contribution in [3.05, 3.63) is 78.5 Å². The van der Waals surface area contributed by atoms with Gasteiger partial charge in [0.15, 0.2) is 5.65 Å². The maximum atomic E-state index is 4.53. The summed E-state index contributed by atoms with van der Waals surface area (Å²) in [6.45, 7) is 19.3. The molecule has 0 aliphatic carbocycles. The Hall–Kier alpha value is -4.07. The standard InChI is InChI=1S/C11H14N2.2C10H13N3.CH4/c1-11(2,3)10-12-8-6-4-5-7-9(8)13-10;1-10(2,3)9-12-7-4-5-11-6-8(7)13-9;1-10(2,3)9-12-7-5-4-6-11-8(7)13-9;/h4-7H,1-3H3,(H,12,13);4-6H,1-3H3,(H,12,13);4-6H,1-3H3,(H,11,12,13);1H4. The van der Waals surface area contributed by atoms with Crippen molar-refractivity contribution in [1.29, 1.82) is 0 Å². The van der Waals surface area contributed by atoms with Gasteiger partial charge in [-0.1, -0.05) is 81.9 Å². The summed E-state index contributed by atoms with van der Waals surface area (Å²) in [7, 11) is 0. The molecule has 8 nitrogen and oxygen atoms in total. The third kappa shape index (κ3) is 7.31. The van der Waals surface area contributed by atoms with E-state index in [1.54, 1.807) is 18.6 Å². The number of fused-ring (bicyclic) bond motifs is 3. The molecule has 3 N–H and O–H groups in total. The van der Waals surface area contributed by atoms with Gasteiger partial charge in [0.05, 0.1) is 33.8 Å². The van der Waals surface area contributed by atoms with Crippen LogP contribution in [0.4, 0.5) is 0 Å². The van der Waals surface area contributed by atoms with E-state index in [0.717, 1.165) is 50.7 Å². The quantitative estimate of drug-likeness (QED) is 0.181. The average Bonchev–Trinajstić information content (AvgIpc) is 3.60. The molecule has 5 aromatic heterocycles. The fraction of sp³-hybridized carbons (Fsp3) is 0.406. The maximum Gasteiger partial charge on any atom is 0.177 e. The number of nitrogens with one attached hydrogen (secondary N) is 3. The highest BCUT2D eigenvalue weighted by molar-refractivity contribution is 5.75. The number of imidazole rings is 3. The summed E-state index contributed by atoms with van der Waals surface area (Å²) < 4.78 is 0. The van der Waals surface area contributed by atoms with Crippen LogP contribution < -0.4 is 0 Å². The monoisotopic (exact) mass is 540 g/mol. The minimum absolute atomic E-state index is 0. The van der Waals surface area contributed by atoms with Crippen LogP contribution in [0.1, 0.15) is 87.2 Å². The molecule has 212 valence electrons. The maximum absolute atomic E-state index is 4.53. The third-order valence-corrected chi connectivity index (χ3v) is 6.06. The van der Waals surface area contributed by atoms with Crippen molar-refractivity contribution in [2.24, 2.45) is 0 Å². The molecular weight excluding hydrogens is 496 g/mol. The Morgan fingerprint density at radius 2 is 1.02 bits per heavy atom. The van der Waals surface area contributed by atoms with Gasteiger partial charge < -0.3 is 15.0 Å². The lowest BCUT2D eigenvalue weighted by Gasteiger charge is -2.13. The molecule has 1 aromatic carbocycles. The van der Waals surface area contributed by atoms with Gasteiger partial charge in [-0.25, -0.2) is 19.9 Å². The minimum atomic E-state index is 0. The molecule has 6 aromatic rings. The van der Waals surface area contributed by atoms with Crippen LogP contribution in [0.2, 0.25) is 0 Å². The van der Waals surface area contributed by atoms with E-state index in [9.17, 15) is 0 Å². The topological polar surface area (TPSA) is 112 Å². The Bertz CT molecular complexity index is 1370. The summed E-state index contributed by atoms with van der Waals surface area (Å²) in [5.41, 5.74) is 6.19. The first-order chi connectivity index (χ1) is 18.2. The highest BCUT2D eigenvalue weighted by Crippen LogP contribution is 2.23. The number of aromatic amines is 3. The lowest BCUT2D eigenvalue weighted by molar-refractivity contribution is 0.554. The molecule has 0 aliphatic rings. The van der Waals surface area contributed by atoms with Gasteiger partial charge in [-0.3, -0.25) is 4.98 Å². The van der Waals surface area contributed by atoms with Crippen LogP contribution in [-0.4, -0.2) is 39.9 Å². The predicted molar refractivity (Wildman–Crippen MR) is 167 cm³/mol. The van der Waals surface area contributed by atoms with Gasteiger partial charge in [-0.2, -0.15) is 0 Å². The molecule has 0 saturated heterocycles. The Labute approximate surface area is 237 Å². The second-order valence-electron chi connectivity index (χ2n) is 12.8. The summed E-state index contributed by atoms with van der Waals surface area (Å²) in [6.07, 6.45) is 5.32. The lowest BCUT2D eigenvalue weighted by atomic mass is 9.96. The van der Waals surface area contributed by atoms with E-state index in [0.29, 0.717) is 0 Å². The number of benzene rings is 1. The zero-order chi connectivity index (χ0) is 28.4. The number of hydrogen-bond donors (Lipinski definition) is 3. The Morgan fingerprint density at radius 1 is 0.525 bits per heavy atom. The smallest absolute Gasteiger partial charge is 0.177 e. The van der Waals surface area contributed by atoms with Crippen molar-refractivity contribution in [3.63, 3.8) is 0 Å². The number of H-pyrrole nitrogens is 3. The Balaban J connectivity index is 0.000000163. The van der Waals surface area contributed by atoms with E-state index in [-0.39, 0.29) is 23.7 Å². The predicted octanol–water partition coefficient (Wildman–Crippen LogP) is 8.01. The number of nitrogens with zero attached hydrogens (tertiary/aromatic N) is 5. The second-order valence-corrected chi connectivity index (χ2v) is 12.8. The fourth-order valence-electron chi connectivity index (χ4n) is 3.72. The number of rotatable bonds is 0. The largest absolute Gasteiger partial charge is 0.342 e. The van der Waals surface area contributed by atoms with Crippen molar-refractivity contribution in [3.8, 4) is 0 Å². The van der Waals surface area contributed by atoms with Gasteiger partial charge >= 0.3 is 0 Å². The fourth-order valence-corrected chi connectivity index (χ4v) is 3.72. The van der Waals surface area contributed by atoms with E-state index >= 15 is 0 Å². The SMILES string of the molecule is C.CC(C)(C)c1nc2ccccc2[nH]1.CC(C)(C)c1nc2ccncc2[nH]1.CC(C)(C)c1nc2ncccc2[nH]1. The Kier molecular flexibility index (Phi) is 8.82. The molecule has 0 fully saturated rings. The molecule has 0 unspecified atom stereocenters. The molecule has 5 heterocycles. The van der Waals surface area contributed by atoms with Crippen molar-refractivity contribution in [2.45, 2.75) is 86.0 Å². The third-order valence-electron chi connectivity index (χ3n) is 6.06. The zero-order valence-electron chi connectivity index (χ0n) is 24.5. The number of hydrogen-bond acceptors (Lipinski definition) is 5. The van der Waals surface area contributed by atoms with E-state index < -0.39 is 0 Å². The molecule has 0 saturated carbocycles. The molecule has 0 radical (unpaired) electrons. The summed E-state index contributed by atoms with van der Waals surface area (Å²) in [5, 5.41) is 0. The molecule has 0 bridgehead atoms. The molecular formula is C32H44N8. The number of aromatic nitrogens is 8. The van der Waals surface area contributed by atoms with Crippen LogP contribution in [0.5, 0.6) is 0 Å². The van der Waals surface area contributed by atoms with Gasteiger partial charge in [-0.05, 0) is 30.3 Å². The minimum Gasteiger partial charge on any atom is -0.342 e. The first-order valence-electron chi connectivity index (χ1n) is 13.3. The molecule has 0 spiro atoms. The molecule has 6 rings (SSSR count). The van der Waals surface area contributed by atoms with Gasteiger partial charge in [-0.15, -0.1) is 0 Å².